The van der Waals surface area contributed by atoms with Gasteiger partial charge in [0, 0.05) is 16.6 Å². The number of rotatable bonds is 2. The lowest BCUT2D eigenvalue weighted by molar-refractivity contribution is 0.347. The highest BCUT2D eigenvalue weighted by Crippen LogP contribution is 2.49. The summed E-state index contributed by atoms with van der Waals surface area (Å²) < 4.78 is 0. The summed E-state index contributed by atoms with van der Waals surface area (Å²) in [7, 11) is 0. The summed E-state index contributed by atoms with van der Waals surface area (Å²) in [6, 6.07) is 19.2. The fourth-order valence-corrected chi connectivity index (χ4v) is 3.46. The lowest BCUT2D eigenvalue weighted by atomic mass is 9.67. The molecule has 0 amide bonds. The molecule has 3 aromatic rings. The molecule has 104 valence electrons. The fourth-order valence-electron chi connectivity index (χ4n) is 3.33. The van der Waals surface area contributed by atoms with Gasteiger partial charge in [-0.05, 0) is 66.1 Å². The molecule has 0 saturated heterocycles. The monoisotopic (exact) mass is 293 g/mol. The molecular formula is C19H16ClN. The Morgan fingerprint density at radius 3 is 2.33 bits per heavy atom. The molecule has 1 saturated carbocycles. The zero-order chi connectivity index (χ0) is 14.2. The van der Waals surface area contributed by atoms with Crippen LogP contribution in [0, 0.1) is 0 Å². The van der Waals surface area contributed by atoms with Crippen LogP contribution in [0.1, 0.15) is 35.8 Å². The highest BCUT2D eigenvalue weighted by molar-refractivity contribution is 6.30. The minimum absolute atomic E-state index is 0.621. The van der Waals surface area contributed by atoms with E-state index in [1.165, 1.54) is 29.4 Å². The van der Waals surface area contributed by atoms with Crippen LogP contribution >= 0.6 is 11.6 Å². The maximum absolute atomic E-state index is 5.99. The number of benzene rings is 2. The second kappa shape index (κ2) is 5.16. The van der Waals surface area contributed by atoms with Gasteiger partial charge in [-0.15, -0.1) is 0 Å². The molecule has 1 aliphatic carbocycles. The molecular weight excluding hydrogens is 278 g/mol. The maximum atomic E-state index is 5.99. The zero-order valence-corrected chi connectivity index (χ0v) is 12.4. The topological polar surface area (TPSA) is 12.9 Å². The molecule has 0 spiro atoms. The van der Waals surface area contributed by atoms with Gasteiger partial charge in [0.15, 0.2) is 0 Å². The number of pyridine rings is 1. The van der Waals surface area contributed by atoms with E-state index >= 15 is 0 Å². The lowest BCUT2D eigenvalue weighted by Crippen LogP contribution is -2.21. The van der Waals surface area contributed by atoms with Gasteiger partial charge in [-0.3, -0.25) is 4.98 Å². The molecule has 2 aromatic carbocycles. The predicted molar refractivity (Wildman–Crippen MR) is 87.9 cm³/mol. The van der Waals surface area contributed by atoms with E-state index in [2.05, 4.69) is 41.4 Å². The summed E-state index contributed by atoms with van der Waals surface area (Å²) >= 11 is 5.99. The molecule has 4 rings (SSSR count). The number of nitrogens with zero attached hydrogens (tertiary/aromatic N) is 1. The van der Waals surface area contributed by atoms with Crippen LogP contribution < -0.4 is 0 Å². The van der Waals surface area contributed by atoms with E-state index in [0.29, 0.717) is 11.8 Å². The van der Waals surface area contributed by atoms with Crippen LogP contribution in [0.5, 0.6) is 0 Å². The molecule has 0 N–H and O–H groups in total. The second-order valence-corrected chi connectivity index (χ2v) is 6.23. The first kappa shape index (κ1) is 12.8. The van der Waals surface area contributed by atoms with Gasteiger partial charge < -0.3 is 0 Å². The minimum atomic E-state index is 0.621. The van der Waals surface area contributed by atoms with Gasteiger partial charge in [0.1, 0.15) is 0 Å². The van der Waals surface area contributed by atoms with Crippen LogP contribution in [0.15, 0.2) is 60.8 Å². The normalized spacial score (nSPS) is 21.2. The first-order valence-electron chi connectivity index (χ1n) is 7.41. The highest BCUT2D eigenvalue weighted by atomic mass is 35.5. The Bertz CT molecular complexity index is 779. The van der Waals surface area contributed by atoms with Crippen molar-refractivity contribution in [1.29, 1.82) is 0 Å². The molecule has 21 heavy (non-hydrogen) atoms. The van der Waals surface area contributed by atoms with Gasteiger partial charge in [0.2, 0.25) is 0 Å². The molecule has 1 heterocycles. The van der Waals surface area contributed by atoms with Gasteiger partial charge in [0.25, 0.3) is 0 Å². The minimum Gasteiger partial charge on any atom is -0.256 e. The molecule has 2 unspecified atom stereocenters. The van der Waals surface area contributed by atoms with Gasteiger partial charge in [0.05, 0.1) is 5.52 Å². The summed E-state index contributed by atoms with van der Waals surface area (Å²) in [5.41, 5.74) is 3.91. The summed E-state index contributed by atoms with van der Waals surface area (Å²) in [6.07, 6.45) is 4.37. The van der Waals surface area contributed by atoms with Crippen LogP contribution in [0.3, 0.4) is 0 Å². The van der Waals surface area contributed by atoms with E-state index in [-0.39, 0.29) is 0 Å². The van der Waals surface area contributed by atoms with Crippen LogP contribution in [-0.4, -0.2) is 4.98 Å². The Labute approximate surface area is 129 Å². The van der Waals surface area contributed by atoms with E-state index < -0.39 is 0 Å². The van der Waals surface area contributed by atoms with Crippen molar-refractivity contribution >= 4 is 22.5 Å². The predicted octanol–water partition coefficient (Wildman–Crippen LogP) is 5.55. The number of halogens is 1. The summed E-state index contributed by atoms with van der Waals surface area (Å²) in [5.74, 6) is 1.24. The Hall–Kier alpha value is -1.86. The smallest absolute Gasteiger partial charge is 0.0702 e. The van der Waals surface area contributed by atoms with Gasteiger partial charge in [-0.1, -0.05) is 35.9 Å². The molecule has 1 nitrogen and oxygen atoms in total. The Kier molecular flexibility index (Phi) is 3.16. The molecule has 1 aliphatic rings. The van der Waals surface area contributed by atoms with Crippen LogP contribution in [0.25, 0.3) is 10.9 Å². The van der Waals surface area contributed by atoms with Gasteiger partial charge in [-0.25, -0.2) is 0 Å². The van der Waals surface area contributed by atoms with Crippen molar-refractivity contribution in [2.24, 2.45) is 0 Å². The van der Waals surface area contributed by atoms with Crippen molar-refractivity contribution in [2.45, 2.75) is 24.7 Å². The van der Waals surface area contributed by atoms with Crippen LogP contribution in [0.4, 0.5) is 0 Å². The third-order valence-electron chi connectivity index (χ3n) is 4.63. The van der Waals surface area contributed by atoms with Crippen molar-refractivity contribution < 1.29 is 0 Å². The summed E-state index contributed by atoms with van der Waals surface area (Å²) in [5, 5.41) is 2.04. The molecule has 0 aliphatic heterocycles. The first-order valence-corrected chi connectivity index (χ1v) is 7.79. The molecule has 2 heteroatoms. The van der Waals surface area contributed by atoms with Gasteiger partial charge >= 0.3 is 0 Å². The van der Waals surface area contributed by atoms with Crippen molar-refractivity contribution in [3.63, 3.8) is 0 Å². The van der Waals surface area contributed by atoms with Crippen molar-refractivity contribution in [1.82, 2.24) is 4.98 Å². The van der Waals surface area contributed by atoms with Crippen LogP contribution in [0.2, 0.25) is 5.02 Å². The van der Waals surface area contributed by atoms with E-state index in [9.17, 15) is 0 Å². The highest BCUT2D eigenvalue weighted by Gasteiger charge is 2.33. The molecule has 0 radical (unpaired) electrons. The van der Waals surface area contributed by atoms with Crippen molar-refractivity contribution in [3.8, 4) is 0 Å². The quantitative estimate of drug-likeness (QED) is 0.603. The number of hydrogen-bond donors (Lipinski definition) is 0. The zero-order valence-electron chi connectivity index (χ0n) is 11.7. The van der Waals surface area contributed by atoms with Crippen molar-refractivity contribution in [2.75, 3.05) is 0 Å². The van der Waals surface area contributed by atoms with Crippen LogP contribution in [-0.2, 0) is 0 Å². The Morgan fingerprint density at radius 1 is 0.857 bits per heavy atom. The Morgan fingerprint density at radius 2 is 1.57 bits per heavy atom. The lowest BCUT2D eigenvalue weighted by Gasteiger charge is -2.37. The Balaban J connectivity index is 1.67. The average Bonchev–Trinajstić information content (AvgIpc) is 2.48. The van der Waals surface area contributed by atoms with E-state index in [1.54, 1.807) is 0 Å². The molecule has 1 aromatic heterocycles. The fraction of sp³-hybridized carbons (Fsp3) is 0.211. The first-order chi connectivity index (χ1) is 10.3. The van der Waals surface area contributed by atoms with E-state index in [1.807, 2.05) is 24.4 Å². The van der Waals surface area contributed by atoms with Gasteiger partial charge in [-0.2, -0.15) is 0 Å². The molecule has 0 bridgehead atoms. The third-order valence-corrected chi connectivity index (χ3v) is 4.88. The largest absolute Gasteiger partial charge is 0.256 e. The number of hydrogen-bond acceptors (Lipinski definition) is 1. The summed E-state index contributed by atoms with van der Waals surface area (Å²) in [6.45, 7) is 0. The number of aromatic nitrogens is 1. The van der Waals surface area contributed by atoms with Crippen molar-refractivity contribution in [3.05, 3.63) is 76.9 Å². The summed E-state index contributed by atoms with van der Waals surface area (Å²) in [4.78, 5) is 4.40. The van der Waals surface area contributed by atoms with E-state index in [0.717, 1.165) is 10.5 Å². The molecule has 1 fully saturated rings. The maximum Gasteiger partial charge on any atom is 0.0702 e. The number of fused-ring (bicyclic) bond motifs is 1. The SMILES string of the molecule is Clc1ccc(C2CCC2c2ccc3ncccc3c2)cc1. The third kappa shape index (κ3) is 2.32. The second-order valence-electron chi connectivity index (χ2n) is 5.80. The average molecular weight is 294 g/mol. The molecule has 2 atom stereocenters. The standard InChI is InChI=1S/C19H16ClN/c20-16-6-3-13(4-7-16)17-8-9-18(17)14-5-10-19-15(12-14)2-1-11-21-19/h1-7,10-12,17-18H,8-9H2. The van der Waals surface area contributed by atoms with E-state index in [4.69, 9.17) is 11.6 Å².